The van der Waals surface area contributed by atoms with Gasteiger partial charge in [0, 0.05) is 48.1 Å². The smallest absolute Gasteiger partial charge is 0.336 e. The molecule has 3 aliphatic rings. The van der Waals surface area contributed by atoms with Crippen LogP contribution in [0.3, 0.4) is 0 Å². The topological polar surface area (TPSA) is 104 Å². The van der Waals surface area contributed by atoms with E-state index < -0.39 is 16.8 Å². The van der Waals surface area contributed by atoms with E-state index in [1.54, 1.807) is 25.1 Å². The zero-order valence-corrected chi connectivity index (χ0v) is 19.5. The Bertz CT molecular complexity index is 1350. The molecular formula is C27H28N2O5. The number of allylic oxidation sites excluding steroid dienone is 2. The summed E-state index contributed by atoms with van der Waals surface area (Å²) >= 11 is 0. The first-order chi connectivity index (χ1) is 16.2. The van der Waals surface area contributed by atoms with Crippen LogP contribution in [-0.4, -0.2) is 23.3 Å². The Balaban J connectivity index is 1.64. The van der Waals surface area contributed by atoms with Crippen molar-refractivity contribution < 1.29 is 18.7 Å². The van der Waals surface area contributed by atoms with Gasteiger partial charge in [-0.2, -0.15) is 0 Å². The van der Waals surface area contributed by atoms with Crippen molar-refractivity contribution in [2.75, 3.05) is 0 Å². The van der Waals surface area contributed by atoms with Crippen LogP contribution in [0.25, 0.3) is 11.0 Å². The van der Waals surface area contributed by atoms with Gasteiger partial charge >= 0.3 is 11.6 Å². The van der Waals surface area contributed by atoms with Gasteiger partial charge in [0.05, 0.1) is 6.17 Å². The lowest BCUT2D eigenvalue weighted by Gasteiger charge is -2.50. The molecular weight excluding hydrogens is 432 g/mol. The molecule has 0 fully saturated rings. The van der Waals surface area contributed by atoms with Crippen molar-refractivity contribution in [1.82, 2.24) is 5.32 Å². The summed E-state index contributed by atoms with van der Waals surface area (Å²) in [4.78, 5) is 24.7. The second kappa shape index (κ2) is 8.02. The lowest BCUT2D eigenvalue weighted by Crippen LogP contribution is -2.63. The van der Waals surface area contributed by atoms with Gasteiger partial charge in [0.15, 0.2) is 11.2 Å². The highest BCUT2D eigenvalue weighted by Gasteiger charge is 2.62. The molecule has 2 aliphatic heterocycles. The lowest BCUT2D eigenvalue weighted by atomic mass is 9.64. The summed E-state index contributed by atoms with van der Waals surface area (Å²) < 4.78 is 18.4. The molecule has 3 N–H and O–H groups in total. The number of dihydropyridines is 1. The predicted octanol–water partition coefficient (Wildman–Crippen LogP) is 3.64. The van der Waals surface area contributed by atoms with E-state index in [0.29, 0.717) is 29.7 Å². The molecule has 7 nitrogen and oxygen atoms in total. The summed E-state index contributed by atoms with van der Waals surface area (Å²) in [6.45, 7) is 5.49. The second-order valence-corrected chi connectivity index (χ2v) is 9.32. The number of nitrogens with one attached hydrogen (secondary N) is 1. The van der Waals surface area contributed by atoms with Gasteiger partial charge in [0.1, 0.15) is 11.3 Å². The molecule has 1 spiro atoms. The fraction of sp³-hybridized carbons (Fsp3) is 0.333. The molecule has 1 aromatic carbocycles. The summed E-state index contributed by atoms with van der Waals surface area (Å²) in [5, 5.41) is 3.97. The molecule has 0 radical (unpaired) electrons. The molecule has 3 heterocycles. The van der Waals surface area contributed by atoms with Crippen LogP contribution in [0.5, 0.6) is 5.75 Å². The molecule has 0 saturated carbocycles. The van der Waals surface area contributed by atoms with E-state index in [9.17, 15) is 9.59 Å². The zero-order chi connectivity index (χ0) is 24.1. The first kappa shape index (κ1) is 22.2. The Kier molecular flexibility index (Phi) is 5.24. The van der Waals surface area contributed by atoms with Crippen LogP contribution in [0, 0.1) is 5.92 Å². The van der Waals surface area contributed by atoms with Crippen molar-refractivity contribution in [3.63, 3.8) is 0 Å². The first-order valence-electron chi connectivity index (χ1n) is 11.4. The molecule has 0 amide bonds. The van der Waals surface area contributed by atoms with Gasteiger partial charge < -0.3 is 24.9 Å². The molecule has 2 aromatic rings. The van der Waals surface area contributed by atoms with Gasteiger partial charge in [0.2, 0.25) is 0 Å². The van der Waals surface area contributed by atoms with Crippen molar-refractivity contribution in [3.8, 4) is 5.75 Å². The van der Waals surface area contributed by atoms with Gasteiger partial charge in [0.25, 0.3) is 0 Å². The maximum Gasteiger partial charge on any atom is 0.336 e. The summed E-state index contributed by atoms with van der Waals surface area (Å²) in [6, 6.07) is 6.90. The van der Waals surface area contributed by atoms with Crippen molar-refractivity contribution in [2.24, 2.45) is 11.7 Å². The Morgan fingerprint density at radius 1 is 1.29 bits per heavy atom. The van der Waals surface area contributed by atoms with Crippen molar-refractivity contribution in [2.45, 2.75) is 51.0 Å². The molecule has 1 unspecified atom stereocenters. The third kappa shape index (κ3) is 3.47. The van der Waals surface area contributed by atoms with Crippen LogP contribution in [0.2, 0.25) is 0 Å². The number of hydrogen-bond acceptors (Lipinski definition) is 7. The van der Waals surface area contributed by atoms with Crippen LogP contribution in [0.1, 0.15) is 32.8 Å². The van der Waals surface area contributed by atoms with Gasteiger partial charge in [-0.1, -0.05) is 24.3 Å². The standard InChI is InChI=1S/C27H28N2O5/c1-4-16(2)25(31)34-26(3)11-5-6-20(18-7-9-23(28)29-15-18)27(26)14-19-12-17-8-10-24(30)32-21(17)13-22(19)33-27/h4-10,12-13,15,20,23,29H,11,14,28H2,1-3H3/b16-4+/t20-,23?,26-,27+/m0/s1. The van der Waals surface area contributed by atoms with Crippen LogP contribution in [-0.2, 0) is 16.0 Å². The maximum absolute atomic E-state index is 12.9. The number of rotatable bonds is 3. The largest absolute Gasteiger partial charge is 0.481 e. The number of nitrogens with two attached hydrogens (primary N) is 1. The van der Waals surface area contributed by atoms with Gasteiger partial charge in [-0.25, -0.2) is 9.59 Å². The summed E-state index contributed by atoms with van der Waals surface area (Å²) in [6.07, 6.45) is 12.4. The quantitative estimate of drug-likeness (QED) is 0.312. The summed E-state index contributed by atoms with van der Waals surface area (Å²) in [5.74, 6) is 0.0309. The summed E-state index contributed by atoms with van der Waals surface area (Å²) in [7, 11) is 0. The van der Waals surface area contributed by atoms with Gasteiger partial charge in [-0.3, -0.25) is 0 Å². The minimum Gasteiger partial charge on any atom is -0.481 e. The highest BCUT2D eigenvalue weighted by Crippen LogP contribution is 2.53. The highest BCUT2D eigenvalue weighted by molar-refractivity contribution is 5.88. The highest BCUT2D eigenvalue weighted by atomic mass is 16.6. The average molecular weight is 461 g/mol. The third-order valence-corrected chi connectivity index (χ3v) is 7.15. The lowest BCUT2D eigenvalue weighted by molar-refractivity contribution is -0.185. The molecule has 34 heavy (non-hydrogen) atoms. The van der Waals surface area contributed by atoms with E-state index in [0.717, 1.165) is 16.5 Å². The van der Waals surface area contributed by atoms with E-state index in [2.05, 4.69) is 11.4 Å². The number of carbonyl (C=O) groups excluding carboxylic acids is 1. The van der Waals surface area contributed by atoms with Gasteiger partial charge in [-0.15, -0.1) is 0 Å². The second-order valence-electron chi connectivity index (χ2n) is 9.32. The Morgan fingerprint density at radius 2 is 2.12 bits per heavy atom. The van der Waals surface area contributed by atoms with E-state index >= 15 is 0 Å². The zero-order valence-electron chi connectivity index (χ0n) is 19.5. The third-order valence-electron chi connectivity index (χ3n) is 7.15. The molecule has 176 valence electrons. The number of fused-ring (bicyclic) bond motifs is 2. The number of esters is 1. The SMILES string of the molecule is C/C=C(\C)C(=O)O[C@@]1(C)CC=C[C@@H](C2=CNC(N)C=C2)[C@]12Cc1cc3ccc(=O)oc3cc1O2. The van der Waals surface area contributed by atoms with Crippen LogP contribution < -0.4 is 21.4 Å². The fourth-order valence-corrected chi connectivity index (χ4v) is 5.06. The minimum atomic E-state index is -0.964. The average Bonchev–Trinajstić information content (AvgIpc) is 3.19. The molecule has 5 rings (SSSR count). The Morgan fingerprint density at radius 3 is 2.85 bits per heavy atom. The maximum atomic E-state index is 12.9. The Hall–Kier alpha value is -3.58. The van der Waals surface area contributed by atoms with E-state index in [-0.39, 0.29) is 18.1 Å². The number of hydrogen-bond donors (Lipinski definition) is 2. The number of benzene rings is 1. The Labute approximate surface area is 197 Å². The minimum absolute atomic E-state index is 0.219. The summed E-state index contributed by atoms with van der Waals surface area (Å²) in [5.41, 5.74) is 6.62. The van der Waals surface area contributed by atoms with E-state index in [1.807, 2.05) is 44.3 Å². The fourth-order valence-electron chi connectivity index (χ4n) is 5.06. The van der Waals surface area contributed by atoms with E-state index in [4.69, 9.17) is 19.6 Å². The van der Waals surface area contributed by atoms with Crippen molar-refractivity contribution >= 4 is 16.9 Å². The van der Waals surface area contributed by atoms with Crippen molar-refractivity contribution in [1.29, 1.82) is 0 Å². The van der Waals surface area contributed by atoms with Crippen LogP contribution in [0.4, 0.5) is 0 Å². The van der Waals surface area contributed by atoms with Gasteiger partial charge in [-0.05, 0) is 50.1 Å². The number of carbonyl (C=O) groups is 1. The first-order valence-corrected chi connectivity index (χ1v) is 11.4. The molecule has 4 atom stereocenters. The van der Waals surface area contributed by atoms with Crippen LogP contribution >= 0.6 is 0 Å². The molecule has 0 bridgehead atoms. The molecule has 0 saturated heterocycles. The van der Waals surface area contributed by atoms with Crippen molar-refractivity contribution in [3.05, 3.63) is 88.0 Å². The molecule has 1 aliphatic carbocycles. The van der Waals surface area contributed by atoms with Crippen LogP contribution in [0.15, 0.2) is 81.2 Å². The molecule has 1 aromatic heterocycles. The monoisotopic (exact) mass is 460 g/mol. The normalized spacial score (nSPS) is 30.0. The molecule has 7 heteroatoms. The van der Waals surface area contributed by atoms with E-state index in [1.165, 1.54) is 6.07 Å². The number of ether oxygens (including phenoxy) is 2. The predicted molar refractivity (Wildman–Crippen MR) is 129 cm³/mol.